The zero-order valence-electron chi connectivity index (χ0n) is 6.79. The van der Waals surface area contributed by atoms with E-state index in [4.69, 9.17) is 4.74 Å². The molecule has 4 nitrogen and oxygen atoms in total. The van der Waals surface area contributed by atoms with Gasteiger partial charge in [-0.15, -0.1) is 0 Å². The van der Waals surface area contributed by atoms with E-state index >= 15 is 0 Å². The summed E-state index contributed by atoms with van der Waals surface area (Å²) in [5, 5.41) is 2.91. The predicted octanol–water partition coefficient (Wildman–Crippen LogP) is -0.116. The lowest BCUT2D eigenvalue weighted by Gasteiger charge is -2.12. The summed E-state index contributed by atoms with van der Waals surface area (Å²) in [6.07, 6.45) is 0.801. The van der Waals surface area contributed by atoms with Crippen LogP contribution in [0.25, 0.3) is 0 Å². The summed E-state index contributed by atoms with van der Waals surface area (Å²) >= 11 is 0. The summed E-state index contributed by atoms with van der Waals surface area (Å²) in [5.41, 5.74) is 0. The van der Waals surface area contributed by atoms with Crippen molar-refractivity contribution in [3.05, 3.63) is 0 Å². The van der Waals surface area contributed by atoms with Crippen molar-refractivity contribution < 1.29 is 14.3 Å². The van der Waals surface area contributed by atoms with Gasteiger partial charge < -0.3 is 9.47 Å². The van der Waals surface area contributed by atoms with Crippen molar-refractivity contribution in [2.75, 3.05) is 13.8 Å². The van der Waals surface area contributed by atoms with E-state index in [1.165, 1.54) is 7.11 Å². The van der Waals surface area contributed by atoms with Crippen LogP contribution in [0.5, 0.6) is 0 Å². The molecule has 1 aliphatic heterocycles. The van der Waals surface area contributed by atoms with Crippen molar-refractivity contribution in [2.45, 2.75) is 25.5 Å². The number of nitrogens with one attached hydrogen (secondary N) is 1. The van der Waals surface area contributed by atoms with Gasteiger partial charge in [0.1, 0.15) is 6.04 Å². The normalized spacial score (nSPS) is 30.4. The first-order valence-electron chi connectivity index (χ1n) is 3.72. The van der Waals surface area contributed by atoms with E-state index < -0.39 is 0 Å². The lowest BCUT2D eigenvalue weighted by atomic mass is 10.1. The summed E-state index contributed by atoms with van der Waals surface area (Å²) in [5.74, 6) is -0.241. The molecular weight excluding hydrogens is 146 g/mol. The number of rotatable bonds is 2. The molecule has 11 heavy (non-hydrogen) atoms. The van der Waals surface area contributed by atoms with E-state index in [9.17, 15) is 4.79 Å². The number of carbonyl (C=O) groups is 1. The monoisotopic (exact) mass is 159 g/mol. The minimum absolute atomic E-state index is 0.0255. The molecule has 1 aliphatic rings. The van der Waals surface area contributed by atoms with Gasteiger partial charge in [0.05, 0.1) is 19.9 Å². The molecule has 1 saturated heterocycles. The number of esters is 1. The van der Waals surface area contributed by atoms with Crippen molar-refractivity contribution in [1.29, 1.82) is 0 Å². The molecular formula is C7H13NO3. The molecule has 0 aromatic rings. The highest BCUT2D eigenvalue weighted by Crippen LogP contribution is 2.10. The number of hydrogen-bond acceptors (Lipinski definition) is 4. The molecule has 0 amide bonds. The van der Waals surface area contributed by atoms with Gasteiger partial charge in [0, 0.05) is 0 Å². The molecule has 0 aliphatic carbocycles. The SMILES string of the molecule is CCC1OCNC1C(=O)OC. The largest absolute Gasteiger partial charge is 0.468 e. The highest BCUT2D eigenvalue weighted by atomic mass is 16.5. The third-order valence-electron chi connectivity index (χ3n) is 1.83. The fourth-order valence-electron chi connectivity index (χ4n) is 1.19. The van der Waals surface area contributed by atoms with Crippen LogP contribution in [0, 0.1) is 0 Å². The second kappa shape index (κ2) is 3.69. The fourth-order valence-corrected chi connectivity index (χ4v) is 1.19. The maximum absolute atomic E-state index is 11.0. The fraction of sp³-hybridized carbons (Fsp3) is 0.857. The van der Waals surface area contributed by atoms with Crippen LogP contribution in [0.2, 0.25) is 0 Å². The second-order valence-corrected chi connectivity index (χ2v) is 2.46. The molecule has 4 heteroatoms. The Morgan fingerprint density at radius 1 is 1.82 bits per heavy atom. The van der Waals surface area contributed by atoms with Gasteiger partial charge >= 0.3 is 5.97 Å². The molecule has 0 radical (unpaired) electrons. The molecule has 2 unspecified atom stereocenters. The molecule has 0 spiro atoms. The molecule has 2 atom stereocenters. The predicted molar refractivity (Wildman–Crippen MR) is 39.0 cm³/mol. The third kappa shape index (κ3) is 1.70. The van der Waals surface area contributed by atoms with Crippen molar-refractivity contribution in [2.24, 2.45) is 0 Å². The maximum atomic E-state index is 11.0. The molecule has 1 N–H and O–H groups in total. The summed E-state index contributed by atoms with van der Waals surface area (Å²) in [4.78, 5) is 11.0. The number of ether oxygens (including phenoxy) is 2. The Hall–Kier alpha value is -0.610. The van der Waals surface area contributed by atoms with Gasteiger partial charge in [0.15, 0.2) is 0 Å². The first-order valence-corrected chi connectivity index (χ1v) is 3.72. The van der Waals surface area contributed by atoms with Crippen LogP contribution in [0.3, 0.4) is 0 Å². The van der Waals surface area contributed by atoms with Crippen LogP contribution >= 0.6 is 0 Å². The van der Waals surface area contributed by atoms with Gasteiger partial charge in [-0.25, -0.2) is 0 Å². The van der Waals surface area contributed by atoms with Crippen molar-refractivity contribution in [3.8, 4) is 0 Å². The average molecular weight is 159 g/mol. The minimum Gasteiger partial charge on any atom is -0.468 e. The second-order valence-electron chi connectivity index (χ2n) is 2.46. The van der Waals surface area contributed by atoms with Gasteiger partial charge in [0.25, 0.3) is 0 Å². The molecule has 0 saturated carbocycles. The van der Waals surface area contributed by atoms with Crippen molar-refractivity contribution in [1.82, 2.24) is 5.32 Å². The number of methoxy groups -OCH3 is 1. The van der Waals surface area contributed by atoms with Crippen LogP contribution in [-0.4, -0.2) is 32.0 Å². The van der Waals surface area contributed by atoms with Gasteiger partial charge in [-0.2, -0.15) is 0 Å². The highest BCUT2D eigenvalue weighted by molar-refractivity contribution is 5.76. The topological polar surface area (TPSA) is 47.6 Å². The van der Waals surface area contributed by atoms with Crippen LogP contribution in [0.4, 0.5) is 0 Å². The smallest absolute Gasteiger partial charge is 0.325 e. The molecule has 0 aromatic carbocycles. The van der Waals surface area contributed by atoms with Crippen LogP contribution in [0.1, 0.15) is 13.3 Å². The van der Waals surface area contributed by atoms with Gasteiger partial charge in [0.2, 0.25) is 0 Å². The molecule has 0 aromatic heterocycles. The Kier molecular flexibility index (Phi) is 2.84. The Bertz CT molecular complexity index is 149. The number of carbonyl (C=O) groups excluding carboxylic acids is 1. The average Bonchev–Trinajstić information content (AvgIpc) is 2.50. The number of hydrogen-bond donors (Lipinski definition) is 1. The van der Waals surface area contributed by atoms with Crippen molar-refractivity contribution >= 4 is 5.97 Å². The quantitative estimate of drug-likeness (QED) is 0.571. The Morgan fingerprint density at radius 2 is 2.55 bits per heavy atom. The summed E-state index contributed by atoms with van der Waals surface area (Å²) in [6, 6.07) is -0.273. The zero-order valence-corrected chi connectivity index (χ0v) is 6.79. The molecule has 1 rings (SSSR count). The molecule has 1 fully saturated rings. The van der Waals surface area contributed by atoms with E-state index in [-0.39, 0.29) is 18.1 Å². The zero-order chi connectivity index (χ0) is 8.27. The lowest BCUT2D eigenvalue weighted by Crippen LogP contribution is -2.39. The third-order valence-corrected chi connectivity index (χ3v) is 1.83. The molecule has 64 valence electrons. The van der Waals surface area contributed by atoms with E-state index in [2.05, 4.69) is 10.1 Å². The van der Waals surface area contributed by atoms with E-state index in [0.29, 0.717) is 6.73 Å². The summed E-state index contributed by atoms with van der Waals surface area (Å²) in [7, 11) is 1.38. The maximum Gasteiger partial charge on any atom is 0.325 e. The van der Waals surface area contributed by atoms with E-state index in [1.807, 2.05) is 6.92 Å². The van der Waals surface area contributed by atoms with Gasteiger partial charge in [-0.1, -0.05) is 6.92 Å². The van der Waals surface area contributed by atoms with Crippen LogP contribution in [0.15, 0.2) is 0 Å². The van der Waals surface area contributed by atoms with Crippen LogP contribution in [-0.2, 0) is 14.3 Å². The van der Waals surface area contributed by atoms with Gasteiger partial charge in [-0.05, 0) is 6.42 Å². The first kappa shape index (κ1) is 8.49. The van der Waals surface area contributed by atoms with Gasteiger partial charge in [-0.3, -0.25) is 10.1 Å². The Morgan fingerprint density at radius 3 is 3.09 bits per heavy atom. The van der Waals surface area contributed by atoms with E-state index in [0.717, 1.165) is 6.42 Å². The standard InChI is InChI=1S/C7H13NO3/c1-3-5-6(7(9)10-2)8-4-11-5/h5-6,8H,3-4H2,1-2H3. The first-order chi connectivity index (χ1) is 5.29. The summed E-state index contributed by atoms with van der Waals surface area (Å²) in [6.45, 7) is 2.42. The minimum atomic E-state index is -0.273. The summed E-state index contributed by atoms with van der Waals surface area (Å²) < 4.78 is 9.81. The molecule has 0 bridgehead atoms. The Balaban J connectivity index is 2.49. The van der Waals surface area contributed by atoms with E-state index in [1.54, 1.807) is 0 Å². The molecule has 1 heterocycles. The lowest BCUT2D eigenvalue weighted by molar-refractivity contribution is -0.144. The Labute approximate surface area is 65.9 Å². The van der Waals surface area contributed by atoms with Crippen molar-refractivity contribution in [3.63, 3.8) is 0 Å². The van der Waals surface area contributed by atoms with Crippen LogP contribution < -0.4 is 5.32 Å². The highest BCUT2D eigenvalue weighted by Gasteiger charge is 2.32.